The monoisotopic (exact) mass is 413 g/mol. The predicted octanol–water partition coefficient (Wildman–Crippen LogP) is 3.50. The van der Waals surface area contributed by atoms with E-state index in [1.807, 2.05) is 13.8 Å². The Morgan fingerprint density at radius 2 is 1.90 bits per heavy atom. The van der Waals surface area contributed by atoms with E-state index in [-0.39, 0.29) is 31.0 Å². The molecule has 0 bridgehead atoms. The number of ether oxygens (including phenoxy) is 1. The normalized spacial score (nSPS) is 12.2. The standard InChI is InChI=1S/C23H24FNO5/c1-14(2)9-18(12-26)25-22(27)13-29-19-8-5-16-10-20(23(28)30-21(16)11-19)15-3-6-17(24)7-4-15/h3-8,10-11,14,18,26H,9,12-13H2,1-2H3,(H,25,27). The Labute approximate surface area is 173 Å². The minimum atomic E-state index is -0.552. The first-order valence-electron chi connectivity index (χ1n) is 9.72. The van der Waals surface area contributed by atoms with Crippen molar-refractivity contribution in [1.29, 1.82) is 0 Å². The van der Waals surface area contributed by atoms with Gasteiger partial charge in [0.2, 0.25) is 0 Å². The molecule has 1 aromatic heterocycles. The van der Waals surface area contributed by atoms with Crippen LogP contribution in [0.2, 0.25) is 0 Å². The molecule has 2 aromatic carbocycles. The molecule has 2 N–H and O–H groups in total. The van der Waals surface area contributed by atoms with E-state index < -0.39 is 5.63 Å². The van der Waals surface area contributed by atoms with Gasteiger partial charge in [-0.1, -0.05) is 26.0 Å². The number of amides is 1. The van der Waals surface area contributed by atoms with Crippen LogP contribution in [0.25, 0.3) is 22.1 Å². The number of carbonyl (C=O) groups is 1. The first-order valence-corrected chi connectivity index (χ1v) is 9.72. The van der Waals surface area contributed by atoms with E-state index in [1.165, 1.54) is 30.3 Å². The smallest absolute Gasteiger partial charge is 0.344 e. The number of nitrogens with one attached hydrogen (secondary N) is 1. The van der Waals surface area contributed by atoms with Gasteiger partial charge in [-0.3, -0.25) is 4.79 Å². The number of benzene rings is 2. The zero-order valence-electron chi connectivity index (χ0n) is 16.9. The van der Waals surface area contributed by atoms with Gasteiger partial charge < -0.3 is 19.6 Å². The van der Waals surface area contributed by atoms with Crippen molar-refractivity contribution in [2.24, 2.45) is 5.92 Å². The maximum absolute atomic E-state index is 13.1. The van der Waals surface area contributed by atoms with Gasteiger partial charge in [0.1, 0.15) is 17.1 Å². The van der Waals surface area contributed by atoms with Crippen molar-refractivity contribution in [2.45, 2.75) is 26.3 Å². The maximum Gasteiger partial charge on any atom is 0.344 e. The molecule has 0 aliphatic rings. The SMILES string of the molecule is CC(C)CC(CO)NC(=O)COc1ccc2cc(-c3ccc(F)cc3)c(=O)oc2c1. The Bertz CT molecular complexity index is 1080. The summed E-state index contributed by atoms with van der Waals surface area (Å²) in [4.78, 5) is 24.4. The fourth-order valence-electron chi connectivity index (χ4n) is 3.18. The molecule has 1 unspecified atom stereocenters. The summed E-state index contributed by atoms with van der Waals surface area (Å²) < 4.78 is 24.0. The highest BCUT2D eigenvalue weighted by molar-refractivity contribution is 5.83. The van der Waals surface area contributed by atoms with E-state index in [1.54, 1.807) is 18.2 Å². The van der Waals surface area contributed by atoms with E-state index in [4.69, 9.17) is 9.15 Å². The van der Waals surface area contributed by atoms with Gasteiger partial charge in [-0.25, -0.2) is 9.18 Å². The minimum Gasteiger partial charge on any atom is -0.484 e. The lowest BCUT2D eigenvalue weighted by molar-refractivity contribution is -0.124. The van der Waals surface area contributed by atoms with Gasteiger partial charge in [0.25, 0.3) is 5.91 Å². The van der Waals surface area contributed by atoms with Crippen LogP contribution in [0.4, 0.5) is 4.39 Å². The topological polar surface area (TPSA) is 88.8 Å². The number of aliphatic hydroxyl groups excluding tert-OH is 1. The van der Waals surface area contributed by atoms with Crippen molar-refractivity contribution in [3.8, 4) is 16.9 Å². The van der Waals surface area contributed by atoms with Crippen LogP contribution < -0.4 is 15.7 Å². The number of hydrogen-bond acceptors (Lipinski definition) is 5. The summed E-state index contributed by atoms with van der Waals surface area (Å²) in [5.74, 6) is -0.0153. The molecule has 1 atom stereocenters. The average Bonchev–Trinajstić information content (AvgIpc) is 2.71. The summed E-state index contributed by atoms with van der Waals surface area (Å²) in [7, 11) is 0. The zero-order chi connectivity index (χ0) is 21.7. The Kier molecular flexibility index (Phi) is 6.84. The van der Waals surface area contributed by atoms with Crippen LogP contribution in [0.15, 0.2) is 57.7 Å². The van der Waals surface area contributed by atoms with Crippen molar-refractivity contribution in [3.05, 3.63) is 64.8 Å². The number of hydrogen-bond donors (Lipinski definition) is 2. The highest BCUT2D eigenvalue weighted by Crippen LogP contribution is 2.24. The van der Waals surface area contributed by atoms with E-state index in [0.29, 0.717) is 40.2 Å². The van der Waals surface area contributed by atoms with Crippen LogP contribution in [-0.4, -0.2) is 30.3 Å². The second-order valence-electron chi connectivity index (χ2n) is 7.52. The van der Waals surface area contributed by atoms with Crippen molar-refractivity contribution in [2.75, 3.05) is 13.2 Å². The Morgan fingerprint density at radius 1 is 1.17 bits per heavy atom. The van der Waals surface area contributed by atoms with Gasteiger partial charge in [-0.05, 0) is 48.2 Å². The molecule has 1 heterocycles. The molecule has 0 saturated carbocycles. The third-order valence-corrected chi connectivity index (χ3v) is 4.57. The summed E-state index contributed by atoms with van der Waals surface area (Å²) in [6, 6.07) is 11.9. The van der Waals surface area contributed by atoms with Gasteiger partial charge in [-0.15, -0.1) is 0 Å². The lowest BCUT2D eigenvalue weighted by Crippen LogP contribution is -2.40. The second-order valence-corrected chi connectivity index (χ2v) is 7.52. The molecule has 0 radical (unpaired) electrons. The molecule has 0 aliphatic carbocycles. The predicted molar refractivity (Wildman–Crippen MR) is 112 cm³/mol. The van der Waals surface area contributed by atoms with Crippen LogP contribution in [0.3, 0.4) is 0 Å². The van der Waals surface area contributed by atoms with Crippen molar-refractivity contribution >= 4 is 16.9 Å². The van der Waals surface area contributed by atoms with Crippen molar-refractivity contribution in [3.63, 3.8) is 0 Å². The summed E-state index contributed by atoms with van der Waals surface area (Å²) in [6.07, 6.45) is 0.666. The molecule has 1 amide bonds. The summed E-state index contributed by atoms with van der Waals surface area (Å²) in [6.45, 7) is 3.66. The molecule has 0 saturated heterocycles. The quantitative estimate of drug-likeness (QED) is 0.552. The van der Waals surface area contributed by atoms with Gasteiger partial charge in [0.15, 0.2) is 6.61 Å². The fraction of sp³-hybridized carbons (Fsp3) is 0.304. The molecule has 30 heavy (non-hydrogen) atoms. The number of fused-ring (bicyclic) bond motifs is 1. The zero-order valence-corrected chi connectivity index (χ0v) is 16.9. The molecule has 3 rings (SSSR count). The molecule has 0 fully saturated rings. The van der Waals surface area contributed by atoms with Gasteiger partial charge in [0, 0.05) is 11.5 Å². The van der Waals surface area contributed by atoms with E-state index >= 15 is 0 Å². The number of carbonyl (C=O) groups excluding carboxylic acids is 1. The molecule has 7 heteroatoms. The molecule has 6 nitrogen and oxygen atoms in total. The van der Waals surface area contributed by atoms with Crippen LogP contribution in [0, 0.1) is 11.7 Å². The van der Waals surface area contributed by atoms with Crippen LogP contribution in [0.1, 0.15) is 20.3 Å². The molecule has 158 valence electrons. The maximum atomic E-state index is 13.1. The lowest BCUT2D eigenvalue weighted by Gasteiger charge is -2.18. The highest BCUT2D eigenvalue weighted by atomic mass is 19.1. The summed E-state index contributed by atoms with van der Waals surface area (Å²) in [5.41, 5.74) is 0.653. The number of aliphatic hydroxyl groups is 1. The largest absolute Gasteiger partial charge is 0.484 e. The van der Waals surface area contributed by atoms with Crippen LogP contribution in [0.5, 0.6) is 5.75 Å². The van der Waals surface area contributed by atoms with Gasteiger partial charge in [-0.2, -0.15) is 0 Å². The third-order valence-electron chi connectivity index (χ3n) is 4.57. The third kappa shape index (κ3) is 5.45. The Balaban J connectivity index is 1.71. The van der Waals surface area contributed by atoms with E-state index in [0.717, 1.165) is 0 Å². The van der Waals surface area contributed by atoms with Crippen molar-refractivity contribution < 1.29 is 23.4 Å². The average molecular weight is 413 g/mol. The summed E-state index contributed by atoms with van der Waals surface area (Å²) >= 11 is 0. The second kappa shape index (κ2) is 9.54. The lowest BCUT2D eigenvalue weighted by atomic mass is 10.0. The Hall–Kier alpha value is -3.19. The van der Waals surface area contributed by atoms with Gasteiger partial charge >= 0.3 is 5.63 Å². The van der Waals surface area contributed by atoms with Crippen molar-refractivity contribution in [1.82, 2.24) is 5.32 Å². The first kappa shape index (κ1) is 21.5. The number of rotatable bonds is 8. The van der Waals surface area contributed by atoms with Crippen LogP contribution >= 0.6 is 0 Å². The Morgan fingerprint density at radius 3 is 2.57 bits per heavy atom. The summed E-state index contributed by atoms with van der Waals surface area (Å²) in [5, 5.41) is 12.8. The minimum absolute atomic E-state index is 0.137. The molecule has 0 aliphatic heterocycles. The first-order chi connectivity index (χ1) is 14.4. The molecule has 3 aromatic rings. The highest BCUT2D eigenvalue weighted by Gasteiger charge is 2.14. The van der Waals surface area contributed by atoms with E-state index in [9.17, 15) is 19.1 Å². The number of halogens is 1. The molecular weight excluding hydrogens is 389 g/mol. The molecular formula is C23H24FNO5. The molecule has 0 spiro atoms. The van der Waals surface area contributed by atoms with Crippen LogP contribution in [-0.2, 0) is 4.79 Å². The van der Waals surface area contributed by atoms with Gasteiger partial charge in [0.05, 0.1) is 18.2 Å². The van der Waals surface area contributed by atoms with E-state index in [2.05, 4.69) is 5.32 Å². The fourth-order valence-corrected chi connectivity index (χ4v) is 3.18.